The van der Waals surface area contributed by atoms with Gasteiger partial charge in [0.1, 0.15) is 5.82 Å². The fourth-order valence-electron chi connectivity index (χ4n) is 2.59. The van der Waals surface area contributed by atoms with Crippen molar-refractivity contribution in [1.29, 1.82) is 0 Å². The average Bonchev–Trinajstić information content (AvgIpc) is 2.89. The molecule has 2 aromatic carbocycles. The predicted octanol–water partition coefficient (Wildman–Crippen LogP) is 2.32. The molecule has 1 unspecified atom stereocenters. The molecule has 0 amide bonds. The van der Waals surface area contributed by atoms with Gasteiger partial charge in [0, 0.05) is 25.9 Å². The summed E-state index contributed by atoms with van der Waals surface area (Å²) in [7, 11) is 2.00. The molecule has 3 aromatic rings. The quantitative estimate of drug-likeness (QED) is 0.563. The molecule has 0 fully saturated rings. The van der Waals surface area contributed by atoms with E-state index in [-0.39, 0.29) is 6.04 Å². The number of hydrazine groups is 1. The second-order valence-corrected chi connectivity index (χ2v) is 4.95. The fraction of sp³-hybridized carbons (Fsp3) is 0.188. The summed E-state index contributed by atoms with van der Waals surface area (Å²) in [4.78, 5) is 4.38. The maximum Gasteiger partial charge on any atom is 0.110 e. The zero-order chi connectivity index (χ0) is 13.9. The molecule has 0 aliphatic heterocycles. The van der Waals surface area contributed by atoms with Crippen LogP contribution < -0.4 is 11.3 Å². The van der Waals surface area contributed by atoms with Crippen molar-refractivity contribution in [2.75, 3.05) is 0 Å². The Bertz CT molecular complexity index is 712. The van der Waals surface area contributed by atoms with Crippen LogP contribution in [-0.2, 0) is 13.5 Å². The molecular formula is C16H18N4. The van der Waals surface area contributed by atoms with Crippen molar-refractivity contribution in [3.8, 4) is 0 Å². The highest BCUT2D eigenvalue weighted by Crippen LogP contribution is 2.25. The molecule has 1 atom stereocenters. The zero-order valence-electron chi connectivity index (χ0n) is 11.5. The first-order valence-corrected chi connectivity index (χ1v) is 6.69. The van der Waals surface area contributed by atoms with Crippen LogP contribution in [0.2, 0.25) is 0 Å². The highest BCUT2D eigenvalue weighted by molar-refractivity contribution is 5.86. The van der Waals surface area contributed by atoms with Crippen LogP contribution in [0.1, 0.15) is 17.4 Å². The number of nitrogens with two attached hydrogens (primary N) is 1. The molecule has 20 heavy (non-hydrogen) atoms. The van der Waals surface area contributed by atoms with Crippen LogP contribution in [0.3, 0.4) is 0 Å². The average molecular weight is 266 g/mol. The molecule has 0 aliphatic rings. The van der Waals surface area contributed by atoms with E-state index in [2.05, 4.69) is 52.9 Å². The highest BCUT2D eigenvalue weighted by atomic mass is 15.2. The molecule has 0 saturated heterocycles. The number of rotatable bonds is 4. The van der Waals surface area contributed by atoms with Crippen molar-refractivity contribution in [3.05, 3.63) is 66.2 Å². The van der Waals surface area contributed by atoms with E-state index in [1.165, 1.54) is 16.3 Å². The number of hydrogen-bond acceptors (Lipinski definition) is 3. The Labute approximate surface area is 118 Å². The Kier molecular flexibility index (Phi) is 3.50. The molecule has 0 bridgehead atoms. The van der Waals surface area contributed by atoms with Gasteiger partial charge in [0.05, 0.1) is 6.04 Å². The van der Waals surface area contributed by atoms with Gasteiger partial charge in [-0.2, -0.15) is 0 Å². The zero-order valence-corrected chi connectivity index (χ0v) is 11.5. The Balaban J connectivity index is 2.01. The normalized spacial score (nSPS) is 12.7. The van der Waals surface area contributed by atoms with Gasteiger partial charge in [0.2, 0.25) is 0 Å². The molecular weight excluding hydrogens is 248 g/mol. The van der Waals surface area contributed by atoms with Gasteiger partial charge in [-0.3, -0.25) is 11.3 Å². The fourth-order valence-corrected chi connectivity index (χ4v) is 2.59. The van der Waals surface area contributed by atoms with Crippen LogP contribution in [0.25, 0.3) is 10.8 Å². The Morgan fingerprint density at radius 2 is 2.00 bits per heavy atom. The van der Waals surface area contributed by atoms with E-state index in [1.54, 1.807) is 0 Å². The summed E-state index contributed by atoms with van der Waals surface area (Å²) < 4.78 is 2.02. The summed E-state index contributed by atoms with van der Waals surface area (Å²) in [5.41, 5.74) is 4.13. The summed E-state index contributed by atoms with van der Waals surface area (Å²) in [6.45, 7) is 0. The van der Waals surface area contributed by atoms with Crippen molar-refractivity contribution in [3.63, 3.8) is 0 Å². The molecule has 4 nitrogen and oxygen atoms in total. The number of aromatic nitrogens is 2. The van der Waals surface area contributed by atoms with Gasteiger partial charge in [0.25, 0.3) is 0 Å². The highest BCUT2D eigenvalue weighted by Gasteiger charge is 2.15. The maximum atomic E-state index is 5.78. The third-order valence-corrected chi connectivity index (χ3v) is 3.71. The van der Waals surface area contributed by atoms with Crippen LogP contribution in [0.4, 0.5) is 0 Å². The number of hydrogen-bond donors (Lipinski definition) is 2. The molecule has 3 rings (SSSR count). The van der Waals surface area contributed by atoms with E-state index in [9.17, 15) is 0 Å². The molecule has 1 heterocycles. The number of aryl methyl sites for hydroxylation is 1. The minimum Gasteiger partial charge on any atom is -0.338 e. The van der Waals surface area contributed by atoms with E-state index >= 15 is 0 Å². The number of imidazole rings is 1. The Morgan fingerprint density at radius 1 is 1.20 bits per heavy atom. The van der Waals surface area contributed by atoms with E-state index in [0.29, 0.717) is 0 Å². The van der Waals surface area contributed by atoms with Crippen LogP contribution in [0.15, 0.2) is 54.9 Å². The second kappa shape index (κ2) is 5.45. The lowest BCUT2D eigenvalue weighted by Crippen LogP contribution is -2.30. The standard InChI is InChI=1S/C16H18N4/c1-20-10-9-18-16(20)11-15(19-17)14-8-4-6-12-5-2-3-7-13(12)14/h2-10,15,19H,11,17H2,1H3. The molecule has 0 radical (unpaired) electrons. The number of nitrogens with one attached hydrogen (secondary N) is 1. The minimum absolute atomic E-state index is 0.0437. The summed E-state index contributed by atoms with van der Waals surface area (Å²) in [5, 5.41) is 2.46. The molecule has 0 spiro atoms. The Hall–Kier alpha value is -2.17. The SMILES string of the molecule is Cn1ccnc1CC(NN)c1cccc2ccccc12. The third-order valence-electron chi connectivity index (χ3n) is 3.71. The first kappa shape index (κ1) is 12.8. The molecule has 102 valence electrons. The number of nitrogens with zero attached hydrogens (tertiary/aromatic N) is 2. The minimum atomic E-state index is 0.0437. The summed E-state index contributed by atoms with van der Waals surface area (Å²) in [6.07, 6.45) is 4.52. The predicted molar refractivity (Wildman–Crippen MR) is 80.9 cm³/mol. The van der Waals surface area contributed by atoms with Crippen molar-refractivity contribution in [2.45, 2.75) is 12.5 Å². The lowest BCUT2D eigenvalue weighted by Gasteiger charge is -2.18. The van der Waals surface area contributed by atoms with E-state index in [1.807, 2.05) is 24.0 Å². The van der Waals surface area contributed by atoms with Gasteiger partial charge in [-0.15, -0.1) is 0 Å². The third kappa shape index (κ3) is 2.31. The van der Waals surface area contributed by atoms with Gasteiger partial charge < -0.3 is 4.57 Å². The molecule has 0 aliphatic carbocycles. The van der Waals surface area contributed by atoms with E-state index < -0.39 is 0 Å². The molecule has 3 N–H and O–H groups in total. The van der Waals surface area contributed by atoms with Crippen molar-refractivity contribution in [1.82, 2.24) is 15.0 Å². The summed E-state index contributed by atoms with van der Waals surface area (Å²) in [5.74, 6) is 6.79. The van der Waals surface area contributed by atoms with Crippen LogP contribution >= 0.6 is 0 Å². The summed E-state index contributed by atoms with van der Waals surface area (Å²) in [6, 6.07) is 14.7. The number of benzene rings is 2. The van der Waals surface area contributed by atoms with Gasteiger partial charge in [-0.25, -0.2) is 4.98 Å². The molecule has 0 saturated carbocycles. The van der Waals surface area contributed by atoms with Gasteiger partial charge in [0.15, 0.2) is 0 Å². The van der Waals surface area contributed by atoms with Crippen LogP contribution in [-0.4, -0.2) is 9.55 Å². The van der Waals surface area contributed by atoms with Crippen LogP contribution in [0.5, 0.6) is 0 Å². The van der Waals surface area contributed by atoms with E-state index in [0.717, 1.165) is 12.2 Å². The smallest absolute Gasteiger partial charge is 0.110 e. The first-order valence-electron chi connectivity index (χ1n) is 6.69. The van der Waals surface area contributed by atoms with Crippen LogP contribution in [0, 0.1) is 0 Å². The monoisotopic (exact) mass is 266 g/mol. The lowest BCUT2D eigenvalue weighted by atomic mass is 9.97. The molecule has 4 heteroatoms. The molecule has 1 aromatic heterocycles. The van der Waals surface area contributed by atoms with Gasteiger partial charge in [-0.1, -0.05) is 42.5 Å². The van der Waals surface area contributed by atoms with Crippen molar-refractivity contribution < 1.29 is 0 Å². The topological polar surface area (TPSA) is 55.9 Å². The maximum absolute atomic E-state index is 5.78. The van der Waals surface area contributed by atoms with E-state index in [4.69, 9.17) is 5.84 Å². The summed E-state index contributed by atoms with van der Waals surface area (Å²) >= 11 is 0. The Morgan fingerprint density at radius 3 is 2.75 bits per heavy atom. The van der Waals surface area contributed by atoms with Crippen molar-refractivity contribution >= 4 is 10.8 Å². The van der Waals surface area contributed by atoms with Crippen molar-refractivity contribution in [2.24, 2.45) is 12.9 Å². The van der Waals surface area contributed by atoms with Gasteiger partial charge in [-0.05, 0) is 16.3 Å². The number of fused-ring (bicyclic) bond motifs is 1. The largest absolute Gasteiger partial charge is 0.338 e. The lowest BCUT2D eigenvalue weighted by molar-refractivity contribution is 0.533. The van der Waals surface area contributed by atoms with Gasteiger partial charge >= 0.3 is 0 Å². The first-order chi connectivity index (χ1) is 9.79. The second-order valence-electron chi connectivity index (χ2n) is 4.95.